The van der Waals surface area contributed by atoms with E-state index in [1.165, 1.54) is 6.07 Å². The summed E-state index contributed by atoms with van der Waals surface area (Å²) in [6.07, 6.45) is -0.243. The number of carbonyl (C=O) groups is 3. The first-order chi connectivity index (χ1) is 14.9. The Bertz CT molecular complexity index is 1170. The monoisotopic (exact) mass is 453 g/mol. The quantitative estimate of drug-likeness (QED) is 0.123. The zero-order valence-corrected chi connectivity index (χ0v) is 18.2. The van der Waals surface area contributed by atoms with E-state index < -0.39 is 23.8 Å². The third-order valence-corrected chi connectivity index (χ3v) is 4.68. The fourth-order valence-corrected chi connectivity index (χ4v) is 3.09. The van der Waals surface area contributed by atoms with E-state index in [-0.39, 0.29) is 29.6 Å². The summed E-state index contributed by atoms with van der Waals surface area (Å²) in [4.78, 5) is 37.9. The summed E-state index contributed by atoms with van der Waals surface area (Å²) >= 11 is 0. The maximum atomic E-state index is 12.8. The Morgan fingerprint density at radius 3 is 2.28 bits per heavy atom. The molecule has 0 saturated heterocycles. The van der Waals surface area contributed by atoms with Gasteiger partial charge in [-0.15, -0.1) is 12.4 Å². The summed E-state index contributed by atoms with van der Waals surface area (Å²) in [6, 6.07) is 19.3. The number of nitrogens with one attached hydrogen (secondary N) is 4. The van der Waals surface area contributed by atoms with Gasteiger partial charge in [-0.1, -0.05) is 49.4 Å². The van der Waals surface area contributed by atoms with E-state index in [4.69, 9.17) is 11.1 Å². The zero-order chi connectivity index (χ0) is 22.4. The van der Waals surface area contributed by atoms with E-state index in [1.54, 1.807) is 37.3 Å². The number of ketones is 1. The fourth-order valence-electron chi connectivity index (χ4n) is 3.09. The molecule has 0 bridgehead atoms. The van der Waals surface area contributed by atoms with Gasteiger partial charge < -0.3 is 21.7 Å². The van der Waals surface area contributed by atoms with E-state index in [2.05, 4.69) is 16.0 Å². The van der Waals surface area contributed by atoms with Crippen molar-refractivity contribution < 1.29 is 14.4 Å². The van der Waals surface area contributed by atoms with Gasteiger partial charge in [-0.3, -0.25) is 19.8 Å². The second kappa shape index (κ2) is 10.9. The van der Waals surface area contributed by atoms with Gasteiger partial charge in [0.1, 0.15) is 6.17 Å². The molecule has 2 amide bonds. The van der Waals surface area contributed by atoms with Crippen molar-refractivity contribution in [1.82, 2.24) is 10.6 Å². The molecule has 0 aliphatic carbocycles. The molecule has 0 aliphatic heterocycles. The number of halogens is 1. The van der Waals surface area contributed by atoms with Gasteiger partial charge in [0.2, 0.25) is 0 Å². The van der Waals surface area contributed by atoms with Gasteiger partial charge in [-0.05, 0) is 41.5 Å². The number of Topliss-reactive ketones (excluding diaryl/α,β-unsaturated/α-hetero) is 1. The van der Waals surface area contributed by atoms with Crippen LogP contribution in [0.5, 0.6) is 0 Å². The number of carbonyl (C=O) groups excluding carboxylic acids is 3. The van der Waals surface area contributed by atoms with E-state index in [9.17, 15) is 14.4 Å². The van der Waals surface area contributed by atoms with Crippen LogP contribution in [-0.2, 0) is 4.79 Å². The van der Waals surface area contributed by atoms with Gasteiger partial charge in [0.05, 0.1) is 11.3 Å². The highest BCUT2D eigenvalue weighted by Gasteiger charge is 2.23. The molecule has 3 aromatic rings. The van der Waals surface area contributed by atoms with Crippen LogP contribution in [0.3, 0.4) is 0 Å². The molecule has 0 spiro atoms. The number of anilines is 1. The van der Waals surface area contributed by atoms with Crippen molar-refractivity contribution in [2.24, 2.45) is 5.73 Å². The zero-order valence-electron chi connectivity index (χ0n) is 17.3. The Labute approximate surface area is 191 Å². The summed E-state index contributed by atoms with van der Waals surface area (Å²) in [5.74, 6) is -2.38. The van der Waals surface area contributed by atoms with Crippen molar-refractivity contribution in [1.29, 1.82) is 5.41 Å². The lowest BCUT2D eigenvalue weighted by atomic mass is 10.1. The molecule has 0 radical (unpaired) electrons. The van der Waals surface area contributed by atoms with Gasteiger partial charge in [-0.2, -0.15) is 0 Å². The second-order valence-electron chi connectivity index (χ2n) is 6.88. The molecule has 166 valence electrons. The van der Waals surface area contributed by atoms with Crippen molar-refractivity contribution in [3.8, 4) is 0 Å². The van der Waals surface area contributed by atoms with Crippen LogP contribution in [0.25, 0.3) is 10.8 Å². The number of amides is 2. The van der Waals surface area contributed by atoms with Crippen LogP contribution in [0, 0.1) is 5.41 Å². The molecular weight excluding hydrogens is 430 g/mol. The Balaban J connectivity index is 0.00000363. The number of hydrogen-bond donors (Lipinski definition) is 5. The van der Waals surface area contributed by atoms with Crippen molar-refractivity contribution >= 4 is 52.4 Å². The highest BCUT2D eigenvalue weighted by Crippen LogP contribution is 2.20. The molecular formula is C23H24ClN5O3. The summed E-state index contributed by atoms with van der Waals surface area (Å²) in [5.41, 5.74) is 6.01. The standard InChI is InChI=1S/C23H23N5O3.ClH/c1-2-19(28-23(24)25)27-22(31)20(29)17-9-5-6-10-18(17)26-21(30)16-12-11-14-7-3-4-8-15(14)13-16;/h3-13,19H,2H2,1H3,(H,26,30)(H,27,31)(H4,24,25,28);1H. The van der Waals surface area contributed by atoms with Crippen molar-refractivity contribution in [3.05, 3.63) is 77.9 Å². The number of hydrogen-bond acceptors (Lipinski definition) is 4. The minimum absolute atomic E-state index is 0. The summed E-state index contributed by atoms with van der Waals surface area (Å²) in [7, 11) is 0. The molecule has 8 nitrogen and oxygen atoms in total. The predicted octanol–water partition coefficient (Wildman–Crippen LogP) is 3.03. The number of benzene rings is 3. The number of fused-ring (bicyclic) bond motifs is 1. The molecule has 32 heavy (non-hydrogen) atoms. The SMILES string of the molecule is CCC(NC(=N)N)NC(=O)C(=O)c1ccccc1NC(=O)c1ccc2ccccc2c1.Cl. The van der Waals surface area contributed by atoms with Crippen LogP contribution >= 0.6 is 12.4 Å². The van der Waals surface area contributed by atoms with E-state index in [1.807, 2.05) is 30.3 Å². The minimum atomic E-state index is -0.868. The highest BCUT2D eigenvalue weighted by atomic mass is 35.5. The van der Waals surface area contributed by atoms with Gasteiger partial charge in [-0.25, -0.2) is 0 Å². The number of guanidine groups is 1. The van der Waals surface area contributed by atoms with Crippen molar-refractivity contribution in [2.45, 2.75) is 19.5 Å². The lowest BCUT2D eigenvalue weighted by molar-refractivity contribution is -0.117. The van der Waals surface area contributed by atoms with Crippen LogP contribution in [-0.4, -0.2) is 29.7 Å². The van der Waals surface area contributed by atoms with Gasteiger partial charge >= 0.3 is 0 Å². The van der Waals surface area contributed by atoms with E-state index in [0.29, 0.717) is 12.0 Å². The molecule has 3 rings (SSSR count). The van der Waals surface area contributed by atoms with Crippen LogP contribution in [0.2, 0.25) is 0 Å². The first-order valence-corrected chi connectivity index (χ1v) is 9.74. The Kier molecular flexibility index (Phi) is 8.31. The molecule has 1 unspecified atom stereocenters. The highest BCUT2D eigenvalue weighted by molar-refractivity contribution is 6.44. The second-order valence-corrected chi connectivity index (χ2v) is 6.88. The van der Waals surface area contributed by atoms with Crippen LogP contribution in [0.1, 0.15) is 34.1 Å². The van der Waals surface area contributed by atoms with Gasteiger partial charge in [0.25, 0.3) is 17.6 Å². The maximum absolute atomic E-state index is 12.8. The number of nitrogens with two attached hydrogens (primary N) is 1. The predicted molar refractivity (Wildman–Crippen MR) is 127 cm³/mol. The normalized spacial score (nSPS) is 11.0. The first kappa shape index (κ1) is 24.4. The lowest BCUT2D eigenvalue weighted by Crippen LogP contribution is -2.51. The maximum Gasteiger partial charge on any atom is 0.294 e. The summed E-state index contributed by atoms with van der Waals surface area (Å²) in [5, 5.41) is 17.0. The number of rotatable bonds is 7. The lowest BCUT2D eigenvalue weighted by Gasteiger charge is -2.18. The molecule has 0 heterocycles. The first-order valence-electron chi connectivity index (χ1n) is 9.74. The van der Waals surface area contributed by atoms with Gasteiger partial charge in [0.15, 0.2) is 5.96 Å². The smallest absolute Gasteiger partial charge is 0.294 e. The third kappa shape index (κ3) is 5.83. The van der Waals surface area contributed by atoms with Crippen LogP contribution in [0.4, 0.5) is 5.69 Å². The fraction of sp³-hybridized carbons (Fsp3) is 0.130. The molecule has 9 heteroatoms. The van der Waals surface area contributed by atoms with Crippen molar-refractivity contribution in [3.63, 3.8) is 0 Å². The average molecular weight is 454 g/mol. The van der Waals surface area contributed by atoms with Gasteiger partial charge in [0, 0.05) is 5.56 Å². The molecule has 0 aliphatic rings. The van der Waals surface area contributed by atoms with Crippen LogP contribution < -0.4 is 21.7 Å². The molecule has 6 N–H and O–H groups in total. The van der Waals surface area contributed by atoms with Crippen LogP contribution in [0.15, 0.2) is 66.7 Å². The molecule has 1 atom stereocenters. The molecule has 0 fully saturated rings. The average Bonchev–Trinajstić information content (AvgIpc) is 2.77. The molecule has 0 aromatic heterocycles. The van der Waals surface area contributed by atoms with E-state index in [0.717, 1.165) is 10.8 Å². The third-order valence-electron chi connectivity index (χ3n) is 4.68. The Morgan fingerprint density at radius 2 is 1.59 bits per heavy atom. The minimum Gasteiger partial charge on any atom is -0.370 e. The molecule has 3 aromatic carbocycles. The summed E-state index contributed by atoms with van der Waals surface area (Å²) < 4.78 is 0. The largest absolute Gasteiger partial charge is 0.370 e. The Morgan fingerprint density at radius 1 is 0.938 bits per heavy atom. The number of para-hydroxylation sites is 1. The summed E-state index contributed by atoms with van der Waals surface area (Å²) in [6.45, 7) is 1.77. The topological polar surface area (TPSA) is 137 Å². The molecule has 0 saturated carbocycles. The van der Waals surface area contributed by atoms with Crippen molar-refractivity contribution in [2.75, 3.05) is 5.32 Å². The van der Waals surface area contributed by atoms with E-state index >= 15 is 0 Å². The Hall–Kier alpha value is -3.91.